The molecule has 1 unspecified atom stereocenters. The van der Waals surface area contributed by atoms with Crippen LogP contribution in [-0.2, 0) is 6.42 Å². The molecule has 2 N–H and O–H groups in total. The highest BCUT2D eigenvalue weighted by Gasteiger charge is 2.34. The van der Waals surface area contributed by atoms with E-state index in [9.17, 15) is 14.7 Å². The van der Waals surface area contributed by atoms with Crippen LogP contribution in [0.1, 0.15) is 85.5 Å². The Bertz CT molecular complexity index is 1000. The summed E-state index contributed by atoms with van der Waals surface area (Å²) in [4.78, 5) is 31.7. The molecule has 0 amide bonds. The van der Waals surface area contributed by atoms with E-state index in [0.29, 0.717) is 24.1 Å². The Morgan fingerprint density at radius 2 is 2.10 bits per heavy atom. The number of unbranched alkanes of at least 4 members (excludes halogenated alkanes) is 1. The van der Waals surface area contributed by atoms with Crippen molar-refractivity contribution in [1.29, 1.82) is 0 Å². The fourth-order valence-corrected chi connectivity index (χ4v) is 4.15. The van der Waals surface area contributed by atoms with Crippen molar-refractivity contribution in [3.63, 3.8) is 0 Å². The Morgan fingerprint density at radius 1 is 1.34 bits per heavy atom. The number of carbonyl (C=O) groups is 1. The molecule has 2 aliphatic rings. The van der Waals surface area contributed by atoms with Gasteiger partial charge in [-0.15, -0.1) is 0 Å². The molecule has 1 atom stereocenters. The smallest absolute Gasteiger partial charge is 0.341 e. The summed E-state index contributed by atoms with van der Waals surface area (Å²) in [6, 6.07) is 3.65. The van der Waals surface area contributed by atoms with Gasteiger partial charge >= 0.3 is 5.97 Å². The number of aromatic nitrogens is 2. The number of aromatic carboxylic acids is 1. The first-order valence-corrected chi connectivity index (χ1v) is 10.6. The first-order valence-electron chi connectivity index (χ1n) is 10.6. The van der Waals surface area contributed by atoms with Crippen LogP contribution in [0.15, 0.2) is 16.9 Å². The highest BCUT2D eigenvalue weighted by Crippen LogP contribution is 2.47. The average Bonchev–Trinajstić information content (AvgIpc) is 3.51. The van der Waals surface area contributed by atoms with Crippen molar-refractivity contribution >= 4 is 5.97 Å². The second kappa shape index (κ2) is 7.65. The SMILES string of the molecule is CCCCOc1cc2c(nc1C1CC1)-c1[nH]c(=O)c(C(=O)O)cc1C(C(C)C)C2. The summed E-state index contributed by atoms with van der Waals surface area (Å²) in [5.41, 5.74) is 3.56. The molecule has 2 aromatic heterocycles. The molecule has 6 heteroatoms. The van der Waals surface area contributed by atoms with Crippen LogP contribution in [0, 0.1) is 5.92 Å². The van der Waals surface area contributed by atoms with E-state index in [4.69, 9.17) is 9.72 Å². The molecule has 0 aromatic carbocycles. The largest absolute Gasteiger partial charge is 0.492 e. The summed E-state index contributed by atoms with van der Waals surface area (Å²) in [6.45, 7) is 7.06. The van der Waals surface area contributed by atoms with E-state index >= 15 is 0 Å². The number of hydrogen-bond acceptors (Lipinski definition) is 4. The number of aromatic amines is 1. The van der Waals surface area contributed by atoms with Gasteiger partial charge in [0.2, 0.25) is 0 Å². The molecule has 2 aromatic rings. The van der Waals surface area contributed by atoms with Crippen molar-refractivity contribution in [3.05, 3.63) is 44.9 Å². The quantitative estimate of drug-likeness (QED) is 0.673. The lowest BCUT2D eigenvalue weighted by atomic mass is 9.77. The van der Waals surface area contributed by atoms with Crippen molar-refractivity contribution < 1.29 is 14.6 Å². The van der Waals surface area contributed by atoms with Gasteiger partial charge in [0, 0.05) is 5.92 Å². The van der Waals surface area contributed by atoms with Crippen LogP contribution < -0.4 is 10.3 Å². The van der Waals surface area contributed by atoms with E-state index < -0.39 is 11.5 Å². The molecule has 0 bridgehead atoms. The number of carboxylic acids is 1. The Labute approximate surface area is 170 Å². The highest BCUT2D eigenvalue weighted by atomic mass is 16.5. The van der Waals surface area contributed by atoms with E-state index in [1.54, 1.807) is 6.07 Å². The second-order valence-electron chi connectivity index (χ2n) is 8.56. The predicted octanol–water partition coefficient (Wildman–Crippen LogP) is 4.49. The third-order valence-electron chi connectivity index (χ3n) is 6.00. The van der Waals surface area contributed by atoms with Gasteiger partial charge in [0.05, 0.1) is 23.7 Å². The molecule has 0 spiro atoms. The van der Waals surface area contributed by atoms with Crippen LogP contribution in [0.5, 0.6) is 5.75 Å². The molecule has 6 nitrogen and oxygen atoms in total. The number of hydrogen-bond donors (Lipinski definition) is 2. The first kappa shape index (κ1) is 19.7. The maximum atomic E-state index is 12.4. The van der Waals surface area contributed by atoms with Crippen molar-refractivity contribution in [2.45, 2.75) is 64.7 Å². The zero-order valence-electron chi connectivity index (χ0n) is 17.2. The molecule has 0 radical (unpaired) electrons. The lowest BCUT2D eigenvalue weighted by molar-refractivity contribution is 0.0694. The highest BCUT2D eigenvalue weighted by molar-refractivity contribution is 5.88. The van der Waals surface area contributed by atoms with Gasteiger partial charge in [-0.3, -0.25) is 4.79 Å². The number of nitrogens with one attached hydrogen (secondary N) is 1. The van der Waals surface area contributed by atoms with Gasteiger partial charge in [-0.25, -0.2) is 9.78 Å². The van der Waals surface area contributed by atoms with Crippen molar-refractivity contribution in [2.75, 3.05) is 6.61 Å². The monoisotopic (exact) mass is 396 g/mol. The fourth-order valence-electron chi connectivity index (χ4n) is 4.15. The van der Waals surface area contributed by atoms with Crippen LogP contribution >= 0.6 is 0 Å². The summed E-state index contributed by atoms with van der Waals surface area (Å²) in [5.74, 6) is 0.489. The number of fused-ring (bicyclic) bond motifs is 3. The Kier molecular flexibility index (Phi) is 5.19. The fraction of sp³-hybridized carbons (Fsp3) is 0.522. The number of H-pyrrole nitrogens is 1. The van der Waals surface area contributed by atoms with E-state index in [-0.39, 0.29) is 11.5 Å². The van der Waals surface area contributed by atoms with Crippen LogP contribution in [0.3, 0.4) is 0 Å². The van der Waals surface area contributed by atoms with E-state index in [2.05, 4.69) is 31.8 Å². The predicted molar refractivity (Wildman–Crippen MR) is 111 cm³/mol. The van der Waals surface area contributed by atoms with Gasteiger partial charge in [0.15, 0.2) is 0 Å². The molecular formula is C23H28N2O4. The average molecular weight is 396 g/mol. The summed E-state index contributed by atoms with van der Waals surface area (Å²) < 4.78 is 6.09. The van der Waals surface area contributed by atoms with Gasteiger partial charge in [-0.1, -0.05) is 27.2 Å². The number of rotatable bonds is 7. The molecule has 2 aliphatic carbocycles. The van der Waals surface area contributed by atoms with Crippen molar-refractivity contribution in [2.24, 2.45) is 5.92 Å². The second-order valence-corrected chi connectivity index (χ2v) is 8.56. The van der Waals surface area contributed by atoms with E-state index in [1.165, 1.54) is 0 Å². The maximum absolute atomic E-state index is 12.4. The minimum atomic E-state index is -1.20. The summed E-state index contributed by atoms with van der Waals surface area (Å²) in [5, 5.41) is 9.40. The maximum Gasteiger partial charge on any atom is 0.341 e. The zero-order chi connectivity index (χ0) is 20.7. The summed E-state index contributed by atoms with van der Waals surface area (Å²) in [6.07, 6.45) is 5.04. The standard InChI is InChI=1S/C23H28N2O4/c1-4-5-8-29-18-10-14-9-15(12(2)3)16-11-17(23(27)28)22(26)25-21(16)20(14)24-19(18)13-6-7-13/h10-13,15H,4-9H2,1-3H3,(H,25,26)(H,27,28). The van der Waals surface area contributed by atoms with E-state index in [1.807, 2.05) is 0 Å². The Hall–Kier alpha value is -2.63. The summed E-state index contributed by atoms with van der Waals surface area (Å²) in [7, 11) is 0. The van der Waals surface area contributed by atoms with Crippen molar-refractivity contribution in [3.8, 4) is 17.1 Å². The normalized spacial score (nSPS) is 17.7. The van der Waals surface area contributed by atoms with E-state index in [0.717, 1.165) is 60.4 Å². The van der Waals surface area contributed by atoms with Gasteiger partial charge in [0.1, 0.15) is 11.3 Å². The van der Waals surface area contributed by atoms with Gasteiger partial charge < -0.3 is 14.8 Å². The molecule has 154 valence electrons. The van der Waals surface area contributed by atoms with Gasteiger partial charge in [-0.05, 0) is 60.8 Å². The van der Waals surface area contributed by atoms with Crippen molar-refractivity contribution in [1.82, 2.24) is 9.97 Å². The van der Waals surface area contributed by atoms with Crippen LogP contribution in [-0.4, -0.2) is 27.7 Å². The topological polar surface area (TPSA) is 92.3 Å². The number of nitrogens with zero attached hydrogens (tertiary/aromatic N) is 1. The lowest BCUT2D eigenvalue weighted by Gasteiger charge is -2.30. The molecule has 0 saturated heterocycles. The molecule has 2 heterocycles. The first-order chi connectivity index (χ1) is 13.9. The molecular weight excluding hydrogens is 368 g/mol. The molecule has 4 rings (SSSR count). The Morgan fingerprint density at radius 3 is 2.72 bits per heavy atom. The lowest BCUT2D eigenvalue weighted by Crippen LogP contribution is -2.25. The van der Waals surface area contributed by atoms with Crippen LogP contribution in [0.25, 0.3) is 11.4 Å². The zero-order valence-corrected chi connectivity index (χ0v) is 17.2. The van der Waals surface area contributed by atoms with Crippen LogP contribution in [0.4, 0.5) is 0 Å². The van der Waals surface area contributed by atoms with Gasteiger partial charge in [0.25, 0.3) is 5.56 Å². The minimum Gasteiger partial charge on any atom is -0.492 e. The third kappa shape index (κ3) is 3.68. The number of pyridine rings is 2. The molecule has 0 aliphatic heterocycles. The number of carboxylic acid groups (broad SMARTS) is 1. The molecule has 1 saturated carbocycles. The third-order valence-corrected chi connectivity index (χ3v) is 6.00. The minimum absolute atomic E-state index is 0.115. The number of ether oxygens (including phenoxy) is 1. The van der Waals surface area contributed by atoms with Gasteiger partial charge in [-0.2, -0.15) is 0 Å². The van der Waals surface area contributed by atoms with Crippen LogP contribution in [0.2, 0.25) is 0 Å². The molecule has 29 heavy (non-hydrogen) atoms. The molecule has 1 fully saturated rings. The Balaban J connectivity index is 1.86. The summed E-state index contributed by atoms with van der Waals surface area (Å²) >= 11 is 0.